The lowest BCUT2D eigenvalue weighted by Gasteiger charge is -2.07. The smallest absolute Gasteiger partial charge is 0.337 e. The van der Waals surface area contributed by atoms with Crippen LogP contribution in [0.15, 0.2) is 36.5 Å². The van der Waals surface area contributed by atoms with Crippen molar-refractivity contribution in [3.63, 3.8) is 0 Å². The van der Waals surface area contributed by atoms with Crippen molar-refractivity contribution in [1.29, 1.82) is 0 Å². The summed E-state index contributed by atoms with van der Waals surface area (Å²) in [5.74, 6) is -0.153. The zero-order chi connectivity index (χ0) is 13.8. The number of pyridine rings is 1. The highest BCUT2D eigenvalue weighted by atomic mass is 16.5. The van der Waals surface area contributed by atoms with Crippen LogP contribution in [0.2, 0.25) is 0 Å². The Bertz CT molecular complexity index is 591. The second kappa shape index (κ2) is 5.52. The molecule has 98 valence electrons. The first-order chi connectivity index (χ1) is 9.11. The van der Waals surface area contributed by atoms with E-state index >= 15 is 0 Å². The summed E-state index contributed by atoms with van der Waals surface area (Å²) >= 11 is 0. The first-order valence-corrected chi connectivity index (χ1v) is 6.05. The molecule has 0 fully saturated rings. The SMILES string of the molecule is CCOc1ccc(-c2ncc(C(=O)O)cc2C)cc1. The molecule has 0 aliphatic heterocycles. The van der Waals surface area contributed by atoms with Crippen LogP contribution in [0, 0.1) is 6.92 Å². The Balaban J connectivity index is 2.33. The van der Waals surface area contributed by atoms with Gasteiger partial charge < -0.3 is 9.84 Å². The number of hydrogen-bond donors (Lipinski definition) is 1. The van der Waals surface area contributed by atoms with Gasteiger partial charge in [0, 0.05) is 11.8 Å². The molecule has 1 aromatic heterocycles. The maximum Gasteiger partial charge on any atom is 0.337 e. The van der Waals surface area contributed by atoms with Crippen molar-refractivity contribution < 1.29 is 14.6 Å². The van der Waals surface area contributed by atoms with E-state index < -0.39 is 5.97 Å². The molecule has 0 aliphatic rings. The average Bonchev–Trinajstić information content (AvgIpc) is 2.40. The van der Waals surface area contributed by atoms with Crippen molar-refractivity contribution in [1.82, 2.24) is 4.98 Å². The maximum atomic E-state index is 10.9. The van der Waals surface area contributed by atoms with Crippen LogP contribution in [0.25, 0.3) is 11.3 Å². The van der Waals surface area contributed by atoms with Gasteiger partial charge in [-0.1, -0.05) is 0 Å². The van der Waals surface area contributed by atoms with Gasteiger partial charge in [0.2, 0.25) is 0 Å². The van der Waals surface area contributed by atoms with Crippen LogP contribution in [-0.4, -0.2) is 22.7 Å². The maximum absolute atomic E-state index is 10.9. The third-order valence-corrected chi connectivity index (χ3v) is 2.76. The van der Waals surface area contributed by atoms with Gasteiger partial charge in [-0.3, -0.25) is 4.98 Å². The summed E-state index contributed by atoms with van der Waals surface area (Å²) < 4.78 is 5.38. The van der Waals surface area contributed by atoms with Crippen LogP contribution in [0.4, 0.5) is 0 Å². The van der Waals surface area contributed by atoms with Gasteiger partial charge in [-0.2, -0.15) is 0 Å². The van der Waals surface area contributed by atoms with Crippen molar-refractivity contribution in [2.24, 2.45) is 0 Å². The largest absolute Gasteiger partial charge is 0.494 e. The summed E-state index contributed by atoms with van der Waals surface area (Å²) in [4.78, 5) is 15.1. The Labute approximate surface area is 111 Å². The topological polar surface area (TPSA) is 59.4 Å². The second-order valence-electron chi connectivity index (χ2n) is 4.15. The predicted molar refractivity (Wildman–Crippen MR) is 72.5 cm³/mol. The quantitative estimate of drug-likeness (QED) is 0.914. The third kappa shape index (κ3) is 2.91. The number of aromatic carboxylic acids is 1. The zero-order valence-electron chi connectivity index (χ0n) is 10.9. The number of aromatic nitrogens is 1. The molecule has 4 nitrogen and oxygen atoms in total. The Kier molecular flexibility index (Phi) is 3.80. The fraction of sp³-hybridized carbons (Fsp3) is 0.200. The number of hydrogen-bond acceptors (Lipinski definition) is 3. The highest BCUT2D eigenvalue weighted by Crippen LogP contribution is 2.24. The van der Waals surface area contributed by atoms with Gasteiger partial charge in [0.1, 0.15) is 5.75 Å². The first-order valence-electron chi connectivity index (χ1n) is 6.05. The summed E-state index contributed by atoms with van der Waals surface area (Å²) in [5, 5.41) is 8.91. The molecule has 1 heterocycles. The first kappa shape index (κ1) is 13.1. The van der Waals surface area contributed by atoms with Crippen molar-refractivity contribution >= 4 is 5.97 Å². The van der Waals surface area contributed by atoms with E-state index in [0.717, 1.165) is 22.6 Å². The summed E-state index contributed by atoms with van der Waals surface area (Å²) in [6.45, 7) is 4.42. The number of carboxylic acids is 1. The molecule has 0 saturated carbocycles. The Hall–Kier alpha value is -2.36. The number of ether oxygens (including phenoxy) is 1. The number of benzene rings is 1. The van der Waals surface area contributed by atoms with E-state index in [1.54, 1.807) is 6.07 Å². The lowest BCUT2D eigenvalue weighted by molar-refractivity contribution is 0.0696. The molecule has 4 heteroatoms. The fourth-order valence-corrected chi connectivity index (χ4v) is 1.87. The molecule has 0 unspecified atom stereocenters. The molecular weight excluding hydrogens is 242 g/mol. The summed E-state index contributed by atoms with van der Waals surface area (Å²) in [6.07, 6.45) is 1.38. The van der Waals surface area contributed by atoms with Gasteiger partial charge in [-0.15, -0.1) is 0 Å². The van der Waals surface area contributed by atoms with Gasteiger partial charge in [-0.05, 0) is 49.7 Å². The molecule has 0 saturated heterocycles. The van der Waals surface area contributed by atoms with Crippen LogP contribution in [0.5, 0.6) is 5.75 Å². The molecular formula is C15H15NO3. The monoisotopic (exact) mass is 257 g/mol. The van der Waals surface area contributed by atoms with Crippen LogP contribution < -0.4 is 4.74 Å². The number of nitrogens with zero attached hydrogens (tertiary/aromatic N) is 1. The fourth-order valence-electron chi connectivity index (χ4n) is 1.87. The molecule has 1 aromatic carbocycles. The highest BCUT2D eigenvalue weighted by Gasteiger charge is 2.08. The predicted octanol–water partition coefficient (Wildman–Crippen LogP) is 3.15. The van der Waals surface area contributed by atoms with E-state index in [0.29, 0.717) is 6.61 Å². The minimum absolute atomic E-state index is 0.201. The van der Waals surface area contributed by atoms with E-state index in [9.17, 15) is 4.79 Å². The molecule has 0 aliphatic carbocycles. The van der Waals surface area contributed by atoms with Crippen LogP contribution in [0.1, 0.15) is 22.8 Å². The minimum atomic E-state index is -0.964. The van der Waals surface area contributed by atoms with E-state index in [4.69, 9.17) is 9.84 Å². The highest BCUT2D eigenvalue weighted by molar-refractivity contribution is 5.88. The third-order valence-electron chi connectivity index (χ3n) is 2.76. The van der Waals surface area contributed by atoms with E-state index in [1.807, 2.05) is 38.1 Å². The summed E-state index contributed by atoms with van der Waals surface area (Å²) in [5.41, 5.74) is 2.77. The lowest BCUT2D eigenvalue weighted by Crippen LogP contribution is -1.99. The molecule has 2 rings (SSSR count). The van der Waals surface area contributed by atoms with Crippen LogP contribution >= 0.6 is 0 Å². The van der Waals surface area contributed by atoms with Crippen LogP contribution in [-0.2, 0) is 0 Å². The zero-order valence-corrected chi connectivity index (χ0v) is 10.9. The summed E-state index contributed by atoms with van der Waals surface area (Å²) in [7, 11) is 0. The molecule has 19 heavy (non-hydrogen) atoms. The van der Waals surface area contributed by atoms with E-state index in [1.165, 1.54) is 6.20 Å². The normalized spacial score (nSPS) is 10.2. The molecule has 0 spiro atoms. The van der Waals surface area contributed by atoms with Crippen molar-refractivity contribution in [3.05, 3.63) is 47.7 Å². The average molecular weight is 257 g/mol. The molecule has 0 bridgehead atoms. The summed E-state index contributed by atoms with van der Waals surface area (Å²) in [6, 6.07) is 9.22. The molecule has 0 radical (unpaired) electrons. The number of aryl methyl sites for hydroxylation is 1. The molecule has 0 amide bonds. The van der Waals surface area contributed by atoms with Gasteiger partial charge in [0.05, 0.1) is 17.9 Å². The second-order valence-corrected chi connectivity index (χ2v) is 4.15. The standard InChI is InChI=1S/C15H15NO3/c1-3-19-13-6-4-11(5-7-13)14-10(2)8-12(9-16-14)15(17)18/h4-9H,3H2,1-2H3,(H,17,18). The molecule has 2 aromatic rings. The Morgan fingerprint density at radius 2 is 2.00 bits per heavy atom. The minimum Gasteiger partial charge on any atom is -0.494 e. The van der Waals surface area contributed by atoms with Gasteiger partial charge in [-0.25, -0.2) is 4.79 Å². The van der Waals surface area contributed by atoms with Crippen molar-refractivity contribution in [3.8, 4) is 17.0 Å². The van der Waals surface area contributed by atoms with Gasteiger partial charge in [0.25, 0.3) is 0 Å². The lowest BCUT2D eigenvalue weighted by atomic mass is 10.1. The number of carbonyl (C=O) groups is 1. The van der Waals surface area contributed by atoms with E-state index in [2.05, 4.69) is 4.98 Å². The van der Waals surface area contributed by atoms with Gasteiger partial charge in [0.15, 0.2) is 0 Å². The number of carboxylic acid groups (broad SMARTS) is 1. The van der Waals surface area contributed by atoms with Gasteiger partial charge >= 0.3 is 5.97 Å². The molecule has 1 N–H and O–H groups in total. The molecule has 0 atom stereocenters. The van der Waals surface area contributed by atoms with Crippen molar-refractivity contribution in [2.75, 3.05) is 6.61 Å². The van der Waals surface area contributed by atoms with Crippen LogP contribution in [0.3, 0.4) is 0 Å². The van der Waals surface area contributed by atoms with Crippen molar-refractivity contribution in [2.45, 2.75) is 13.8 Å². The van der Waals surface area contributed by atoms with E-state index in [-0.39, 0.29) is 5.56 Å². The number of rotatable bonds is 4. The Morgan fingerprint density at radius 1 is 1.32 bits per heavy atom. The Morgan fingerprint density at radius 3 is 2.53 bits per heavy atom.